The highest BCUT2D eigenvalue weighted by Crippen LogP contribution is 2.32. The molecule has 0 spiro atoms. The van der Waals surface area contributed by atoms with Crippen LogP contribution in [0.1, 0.15) is 15.9 Å². The molecule has 0 amide bonds. The van der Waals surface area contributed by atoms with Crippen LogP contribution in [0.15, 0.2) is 42.5 Å². The first-order valence-electron chi connectivity index (χ1n) is 6.51. The number of nitrogens with zero attached hydrogens (tertiary/aromatic N) is 2. The summed E-state index contributed by atoms with van der Waals surface area (Å²) in [4.78, 5) is 11.4. The minimum absolute atomic E-state index is 0.165. The van der Waals surface area contributed by atoms with Crippen LogP contribution in [0.5, 0.6) is 0 Å². The molecule has 0 atom stereocenters. The fourth-order valence-electron chi connectivity index (χ4n) is 2.59. The lowest BCUT2D eigenvalue weighted by Crippen LogP contribution is -2.02. The molecule has 3 rings (SSSR count). The van der Waals surface area contributed by atoms with Gasteiger partial charge in [-0.2, -0.15) is 5.10 Å². The third-order valence-electron chi connectivity index (χ3n) is 3.52. The summed E-state index contributed by atoms with van der Waals surface area (Å²) in [6.45, 7) is -0.165. The largest absolute Gasteiger partial charge is 0.478 e. The first-order valence-corrected chi connectivity index (χ1v) is 6.51. The standard InChI is InChI=1S/C16H14N2O3/c1-18-15-12(16(20)21)8-7-11(9-19)13(15)14(17-18)10-5-3-2-4-6-10/h2-8,19H,9H2,1H3,(H,20,21). The summed E-state index contributed by atoms with van der Waals surface area (Å²) in [5.41, 5.74) is 2.94. The van der Waals surface area contributed by atoms with Gasteiger partial charge < -0.3 is 10.2 Å². The molecular weight excluding hydrogens is 268 g/mol. The zero-order chi connectivity index (χ0) is 15.0. The molecule has 0 bridgehead atoms. The van der Waals surface area contributed by atoms with E-state index in [0.29, 0.717) is 22.2 Å². The number of aromatic carboxylic acids is 1. The van der Waals surface area contributed by atoms with E-state index in [1.165, 1.54) is 6.07 Å². The third kappa shape index (κ3) is 2.08. The van der Waals surface area contributed by atoms with Crippen LogP contribution in [0.4, 0.5) is 0 Å². The van der Waals surface area contributed by atoms with Crippen molar-refractivity contribution >= 4 is 16.9 Å². The maximum atomic E-state index is 11.4. The number of carboxylic acids is 1. The molecule has 3 aromatic rings. The van der Waals surface area contributed by atoms with Crippen molar-refractivity contribution in [3.05, 3.63) is 53.6 Å². The van der Waals surface area contributed by atoms with E-state index < -0.39 is 5.97 Å². The van der Waals surface area contributed by atoms with Crippen molar-refractivity contribution in [1.29, 1.82) is 0 Å². The number of aromatic nitrogens is 2. The quantitative estimate of drug-likeness (QED) is 0.773. The van der Waals surface area contributed by atoms with Gasteiger partial charge in [0.1, 0.15) is 5.69 Å². The molecule has 5 nitrogen and oxygen atoms in total. The summed E-state index contributed by atoms with van der Waals surface area (Å²) in [6, 6.07) is 12.7. The van der Waals surface area contributed by atoms with E-state index in [4.69, 9.17) is 0 Å². The van der Waals surface area contributed by atoms with E-state index in [2.05, 4.69) is 5.10 Å². The molecule has 0 aliphatic heterocycles. The molecule has 0 radical (unpaired) electrons. The summed E-state index contributed by atoms with van der Waals surface area (Å²) < 4.78 is 1.56. The molecule has 0 aliphatic rings. The van der Waals surface area contributed by atoms with Crippen molar-refractivity contribution in [1.82, 2.24) is 9.78 Å². The fraction of sp³-hybridized carbons (Fsp3) is 0.125. The Balaban J connectivity index is 2.43. The van der Waals surface area contributed by atoms with Crippen molar-refractivity contribution in [2.24, 2.45) is 7.05 Å². The van der Waals surface area contributed by atoms with Crippen LogP contribution in [-0.4, -0.2) is 26.0 Å². The Morgan fingerprint density at radius 2 is 1.90 bits per heavy atom. The van der Waals surface area contributed by atoms with Gasteiger partial charge in [-0.1, -0.05) is 36.4 Å². The van der Waals surface area contributed by atoms with Crippen molar-refractivity contribution in [3.63, 3.8) is 0 Å². The zero-order valence-corrected chi connectivity index (χ0v) is 11.4. The van der Waals surface area contributed by atoms with Crippen LogP contribution < -0.4 is 0 Å². The Morgan fingerprint density at radius 3 is 2.52 bits per heavy atom. The number of hydrogen-bond acceptors (Lipinski definition) is 3. The van der Waals surface area contributed by atoms with Crippen LogP contribution in [0.25, 0.3) is 22.2 Å². The smallest absolute Gasteiger partial charge is 0.337 e. The number of hydrogen-bond donors (Lipinski definition) is 2. The van der Waals surface area contributed by atoms with E-state index in [-0.39, 0.29) is 12.2 Å². The average Bonchev–Trinajstić information content (AvgIpc) is 2.85. The topological polar surface area (TPSA) is 75.3 Å². The van der Waals surface area contributed by atoms with Gasteiger partial charge in [-0.3, -0.25) is 4.68 Å². The zero-order valence-electron chi connectivity index (χ0n) is 11.4. The molecule has 0 aliphatic carbocycles. The Labute approximate surface area is 121 Å². The predicted molar refractivity (Wildman–Crippen MR) is 79.0 cm³/mol. The van der Waals surface area contributed by atoms with Crippen molar-refractivity contribution in [2.75, 3.05) is 0 Å². The maximum Gasteiger partial charge on any atom is 0.337 e. The molecule has 1 heterocycles. The minimum Gasteiger partial charge on any atom is -0.478 e. The van der Waals surface area contributed by atoms with Gasteiger partial charge in [0.05, 0.1) is 17.7 Å². The minimum atomic E-state index is -1.01. The lowest BCUT2D eigenvalue weighted by molar-refractivity contribution is 0.0698. The normalized spacial score (nSPS) is 11.0. The summed E-state index contributed by atoms with van der Waals surface area (Å²) >= 11 is 0. The van der Waals surface area contributed by atoms with Crippen LogP contribution >= 0.6 is 0 Å². The van der Waals surface area contributed by atoms with Crippen molar-refractivity contribution < 1.29 is 15.0 Å². The summed E-state index contributed by atoms with van der Waals surface area (Å²) in [5.74, 6) is -1.01. The van der Waals surface area contributed by atoms with Crippen molar-refractivity contribution in [2.45, 2.75) is 6.61 Å². The molecule has 2 N–H and O–H groups in total. The van der Waals surface area contributed by atoms with Gasteiger partial charge in [0.25, 0.3) is 0 Å². The van der Waals surface area contributed by atoms with Gasteiger partial charge >= 0.3 is 5.97 Å². The number of carbonyl (C=O) groups is 1. The molecule has 0 saturated carbocycles. The Morgan fingerprint density at radius 1 is 1.19 bits per heavy atom. The number of aliphatic hydroxyl groups excluding tert-OH is 1. The van der Waals surface area contributed by atoms with Gasteiger partial charge in [0.15, 0.2) is 0 Å². The number of carboxylic acid groups (broad SMARTS) is 1. The molecule has 0 saturated heterocycles. The van der Waals surface area contributed by atoms with Crippen LogP contribution in [0.3, 0.4) is 0 Å². The summed E-state index contributed by atoms with van der Waals surface area (Å²) in [5, 5.41) is 24.0. The highest BCUT2D eigenvalue weighted by Gasteiger charge is 2.20. The van der Waals surface area contributed by atoms with Gasteiger partial charge in [-0.15, -0.1) is 0 Å². The van der Waals surface area contributed by atoms with Crippen LogP contribution in [-0.2, 0) is 13.7 Å². The number of rotatable bonds is 3. The van der Waals surface area contributed by atoms with Crippen molar-refractivity contribution in [3.8, 4) is 11.3 Å². The average molecular weight is 282 g/mol. The van der Waals surface area contributed by atoms with Gasteiger partial charge in [0, 0.05) is 18.0 Å². The van der Waals surface area contributed by atoms with Crippen LogP contribution in [0, 0.1) is 0 Å². The Kier molecular flexibility index (Phi) is 3.19. The third-order valence-corrected chi connectivity index (χ3v) is 3.52. The summed E-state index contributed by atoms with van der Waals surface area (Å²) in [7, 11) is 1.71. The van der Waals surface area contributed by atoms with E-state index in [0.717, 1.165) is 5.56 Å². The molecule has 21 heavy (non-hydrogen) atoms. The second-order valence-electron chi connectivity index (χ2n) is 4.80. The highest BCUT2D eigenvalue weighted by atomic mass is 16.4. The molecule has 0 fully saturated rings. The SMILES string of the molecule is Cn1nc(-c2ccccc2)c2c(CO)ccc(C(=O)O)c21. The Bertz CT molecular complexity index is 822. The fourth-order valence-corrected chi connectivity index (χ4v) is 2.59. The second-order valence-corrected chi connectivity index (χ2v) is 4.80. The highest BCUT2D eigenvalue weighted by molar-refractivity contribution is 6.07. The molecule has 5 heteroatoms. The van der Waals surface area contributed by atoms with Crippen LogP contribution in [0.2, 0.25) is 0 Å². The number of fused-ring (bicyclic) bond motifs is 1. The number of aliphatic hydroxyl groups is 1. The van der Waals surface area contributed by atoms with Gasteiger partial charge in [-0.25, -0.2) is 4.79 Å². The lowest BCUT2D eigenvalue weighted by atomic mass is 10.0. The van der Waals surface area contributed by atoms with E-state index >= 15 is 0 Å². The number of benzene rings is 2. The predicted octanol–water partition coefficient (Wildman–Crippen LogP) is 2.43. The Hall–Kier alpha value is -2.66. The molecule has 2 aromatic carbocycles. The summed E-state index contributed by atoms with van der Waals surface area (Å²) in [6.07, 6.45) is 0. The first kappa shape index (κ1) is 13.3. The molecular formula is C16H14N2O3. The number of aryl methyl sites for hydroxylation is 1. The molecule has 1 aromatic heterocycles. The second kappa shape index (κ2) is 5.03. The molecule has 106 valence electrons. The van der Waals surface area contributed by atoms with E-state index in [9.17, 15) is 15.0 Å². The lowest BCUT2D eigenvalue weighted by Gasteiger charge is -2.05. The first-order chi connectivity index (χ1) is 10.1. The van der Waals surface area contributed by atoms with Gasteiger partial charge in [-0.05, 0) is 11.6 Å². The van der Waals surface area contributed by atoms with E-state index in [1.807, 2.05) is 30.3 Å². The van der Waals surface area contributed by atoms with Gasteiger partial charge in [0.2, 0.25) is 0 Å². The van der Waals surface area contributed by atoms with E-state index in [1.54, 1.807) is 17.8 Å². The monoisotopic (exact) mass is 282 g/mol. The maximum absolute atomic E-state index is 11.4. The molecule has 0 unspecified atom stereocenters.